The summed E-state index contributed by atoms with van der Waals surface area (Å²) in [4.78, 5) is 0. The average Bonchev–Trinajstić information content (AvgIpc) is 2.78. The fourth-order valence-electron chi connectivity index (χ4n) is 2.01. The summed E-state index contributed by atoms with van der Waals surface area (Å²) in [5.41, 5.74) is 2.50. The van der Waals surface area contributed by atoms with Crippen LogP contribution in [-0.4, -0.2) is 15.7 Å². The van der Waals surface area contributed by atoms with Crippen molar-refractivity contribution in [3.05, 3.63) is 52.8 Å². The second kappa shape index (κ2) is 6.26. The van der Waals surface area contributed by atoms with Gasteiger partial charge in [-0.1, -0.05) is 23.7 Å². The molecule has 0 aliphatic carbocycles. The summed E-state index contributed by atoms with van der Waals surface area (Å²) in [7, 11) is 1.93. The summed E-state index contributed by atoms with van der Waals surface area (Å²) in [5, 5.41) is 4.93. The second-order valence-electron chi connectivity index (χ2n) is 4.46. The highest BCUT2D eigenvalue weighted by Crippen LogP contribution is 2.24. The number of rotatable bonds is 5. The molecule has 1 unspecified atom stereocenters. The molecule has 2 aromatic rings. The first-order chi connectivity index (χ1) is 8.69. The minimum absolute atomic E-state index is 0.365. The third kappa shape index (κ3) is 3.50. The number of hydrogen-bond donors (Lipinski definition) is 0. The highest BCUT2D eigenvalue weighted by molar-refractivity contribution is 6.30. The Morgan fingerprint density at radius 3 is 2.56 bits per heavy atom. The molecule has 0 spiro atoms. The third-order valence-electron chi connectivity index (χ3n) is 3.07. The quantitative estimate of drug-likeness (QED) is 0.757. The van der Waals surface area contributed by atoms with Crippen molar-refractivity contribution in [1.29, 1.82) is 0 Å². The molecule has 0 saturated carbocycles. The number of nitrogens with zero attached hydrogens (tertiary/aromatic N) is 2. The molecular formula is C14H16Cl2N2. The molecule has 0 radical (unpaired) electrons. The third-order valence-corrected chi connectivity index (χ3v) is 3.69. The van der Waals surface area contributed by atoms with Crippen LogP contribution in [0.25, 0.3) is 0 Å². The van der Waals surface area contributed by atoms with Gasteiger partial charge in [0.15, 0.2) is 0 Å². The van der Waals surface area contributed by atoms with E-state index in [1.807, 2.05) is 36.3 Å². The highest BCUT2D eigenvalue weighted by atomic mass is 35.5. The summed E-state index contributed by atoms with van der Waals surface area (Å²) >= 11 is 12.0. The molecule has 0 saturated heterocycles. The van der Waals surface area contributed by atoms with E-state index in [1.165, 1.54) is 11.1 Å². The van der Waals surface area contributed by atoms with Gasteiger partial charge >= 0.3 is 0 Å². The molecule has 1 atom stereocenters. The molecule has 0 aliphatic heterocycles. The van der Waals surface area contributed by atoms with Crippen molar-refractivity contribution in [2.75, 3.05) is 5.88 Å². The Morgan fingerprint density at radius 1 is 1.28 bits per heavy atom. The van der Waals surface area contributed by atoms with Gasteiger partial charge in [-0.2, -0.15) is 5.10 Å². The molecule has 0 amide bonds. The number of alkyl halides is 1. The van der Waals surface area contributed by atoms with Gasteiger partial charge < -0.3 is 0 Å². The molecule has 0 fully saturated rings. The van der Waals surface area contributed by atoms with Gasteiger partial charge in [0, 0.05) is 24.1 Å². The number of hydrogen-bond acceptors (Lipinski definition) is 1. The SMILES string of the molecule is Cn1cc(CCC(CCl)c2ccc(Cl)cc2)cn1. The lowest BCUT2D eigenvalue weighted by atomic mass is 9.95. The molecule has 0 bridgehead atoms. The first-order valence-electron chi connectivity index (χ1n) is 5.98. The number of halogens is 2. The molecule has 0 aliphatic rings. The van der Waals surface area contributed by atoms with E-state index in [0.29, 0.717) is 11.8 Å². The molecule has 0 N–H and O–H groups in total. The average molecular weight is 283 g/mol. The van der Waals surface area contributed by atoms with Crippen LogP contribution < -0.4 is 0 Å². The molecule has 1 aromatic heterocycles. The van der Waals surface area contributed by atoms with Crippen molar-refractivity contribution in [2.45, 2.75) is 18.8 Å². The van der Waals surface area contributed by atoms with Gasteiger partial charge in [-0.15, -0.1) is 11.6 Å². The van der Waals surface area contributed by atoms with Crippen molar-refractivity contribution >= 4 is 23.2 Å². The second-order valence-corrected chi connectivity index (χ2v) is 5.21. The maximum absolute atomic E-state index is 6.06. The standard InChI is InChI=1S/C14H16Cl2N2/c1-18-10-11(9-17-18)2-3-13(8-15)12-4-6-14(16)7-5-12/h4-7,9-10,13H,2-3,8H2,1H3. The van der Waals surface area contributed by atoms with Crippen molar-refractivity contribution < 1.29 is 0 Å². The van der Waals surface area contributed by atoms with Crippen LogP contribution in [-0.2, 0) is 13.5 Å². The molecule has 1 heterocycles. The Bertz CT molecular complexity index is 491. The highest BCUT2D eigenvalue weighted by Gasteiger charge is 2.11. The zero-order chi connectivity index (χ0) is 13.0. The van der Waals surface area contributed by atoms with Gasteiger partial charge in [0.25, 0.3) is 0 Å². The lowest BCUT2D eigenvalue weighted by Crippen LogP contribution is -2.02. The zero-order valence-electron chi connectivity index (χ0n) is 10.3. The monoisotopic (exact) mass is 282 g/mol. The van der Waals surface area contributed by atoms with E-state index in [-0.39, 0.29) is 0 Å². The molecule has 1 aromatic carbocycles. The van der Waals surface area contributed by atoms with Crippen molar-refractivity contribution in [3.8, 4) is 0 Å². The van der Waals surface area contributed by atoms with Crippen LogP contribution in [0.1, 0.15) is 23.5 Å². The fourth-order valence-corrected chi connectivity index (χ4v) is 2.47. The Kier molecular flexibility index (Phi) is 4.67. The first kappa shape index (κ1) is 13.4. The van der Waals surface area contributed by atoms with Gasteiger partial charge in [-0.3, -0.25) is 4.68 Å². The van der Waals surface area contributed by atoms with Crippen molar-refractivity contribution in [1.82, 2.24) is 9.78 Å². The van der Waals surface area contributed by atoms with Crippen LogP contribution in [0.4, 0.5) is 0 Å². The van der Waals surface area contributed by atoms with Crippen LogP contribution in [0.2, 0.25) is 5.02 Å². The van der Waals surface area contributed by atoms with Gasteiger partial charge in [0.1, 0.15) is 0 Å². The van der Waals surface area contributed by atoms with Crippen molar-refractivity contribution in [2.24, 2.45) is 7.05 Å². The van der Waals surface area contributed by atoms with E-state index < -0.39 is 0 Å². The minimum atomic E-state index is 0.365. The van der Waals surface area contributed by atoms with Crippen molar-refractivity contribution in [3.63, 3.8) is 0 Å². The van der Waals surface area contributed by atoms with Gasteiger partial charge in [0.05, 0.1) is 6.20 Å². The predicted molar refractivity (Wildman–Crippen MR) is 76.4 cm³/mol. The lowest BCUT2D eigenvalue weighted by molar-refractivity contribution is 0.684. The molecular weight excluding hydrogens is 267 g/mol. The normalized spacial score (nSPS) is 12.6. The summed E-state index contributed by atoms with van der Waals surface area (Å²) in [5.74, 6) is 0.992. The number of aryl methyl sites for hydroxylation is 2. The van der Waals surface area contributed by atoms with Gasteiger partial charge in [0.2, 0.25) is 0 Å². The Labute approximate surface area is 118 Å². The Morgan fingerprint density at radius 2 is 2.00 bits per heavy atom. The van der Waals surface area contributed by atoms with Crippen LogP contribution in [0, 0.1) is 0 Å². The summed E-state index contributed by atoms with van der Waals surface area (Å²) in [6.07, 6.45) is 5.98. The zero-order valence-corrected chi connectivity index (χ0v) is 11.8. The topological polar surface area (TPSA) is 17.8 Å². The first-order valence-corrected chi connectivity index (χ1v) is 6.89. The van der Waals surface area contributed by atoms with E-state index in [4.69, 9.17) is 23.2 Å². The van der Waals surface area contributed by atoms with Crippen LogP contribution >= 0.6 is 23.2 Å². The number of benzene rings is 1. The molecule has 2 rings (SSSR count). The smallest absolute Gasteiger partial charge is 0.0521 e. The van der Waals surface area contributed by atoms with Gasteiger partial charge in [-0.05, 0) is 42.0 Å². The Balaban J connectivity index is 1.99. The molecule has 2 nitrogen and oxygen atoms in total. The summed E-state index contributed by atoms with van der Waals surface area (Å²) < 4.78 is 1.83. The predicted octanol–water partition coefficient (Wildman–Crippen LogP) is 4.03. The maximum Gasteiger partial charge on any atom is 0.0521 e. The van der Waals surface area contributed by atoms with E-state index in [0.717, 1.165) is 17.9 Å². The maximum atomic E-state index is 6.06. The van der Waals surface area contributed by atoms with Crippen LogP contribution in [0.15, 0.2) is 36.7 Å². The van der Waals surface area contributed by atoms with E-state index in [1.54, 1.807) is 0 Å². The lowest BCUT2D eigenvalue weighted by Gasteiger charge is -2.13. The largest absolute Gasteiger partial charge is 0.276 e. The minimum Gasteiger partial charge on any atom is -0.276 e. The molecule has 96 valence electrons. The Hall–Kier alpha value is -0.990. The van der Waals surface area contributed by atoms with E-state index in [9.17, 15) is 0 Å². The molecule has 4 heteroatoms. The van der Waals surface area contributed by atoms with Gasteiger partial charge in [-0.25, -0.2) is 0 Å². The van der Waals surface area contributed by atoms with E-state index >= 15 is 0 Å². The number of aromatic nitrogens is 2. The fraction of sp³-hybridized carbons (Fsp3) is 0.357. The summed E-state index contributed by atoms with van der Waals surface area (Å²) in [6.45, 7) is 0. The molecule has 18 heavy (non-hydrogen) atoms. The van der Waals surface area contributed by atoms with Crippen LogP contribution in [0.5, 0.6) is 0 Å². The van der Waals surface area contributed by atoms with Crippen LogP contribution in [0.3, 0.4) is 0 Å². The summed E-state index contributed by atoms with van der Waals surface area (Å²) in [6, 6.07) is 7.94. The van der Waals surface area contributed by atoms with E-state index in [2.05, 4.69) is 17.2 Å².